The lowest BCUT2D eigenvalue weighted by Crippen LogP contribution is -2.23. The number of Topliss-reactive ketones (excluding diaryl/α,β-unsaturated/α-hetero) is 1. The van der Waals surface area contributed by atoms with E-state index in [1.54, 1.807) is 49.4 Å². The number of phenolic OH excluding ortho intramolecular Hbond substituents is 1. The van der Waals surface area contributed by atoms with Crippen LogP contribution in [0.5, 0.6) is 17.4 Å². The molecule has 0 radical (unpaired) electrons. The van der Waals surface area contributed by atoms with E-state index >= 15 is 0 Å². The molecule has 3 heterocycles. The Kier molecular flexibility index (Phi) is 6.73. The number of methoxy groups -OCH3 is 2. The summed E-state index contributed by atoms with van der Waals surface area (Å²) < 4.78 is 14.4. The fraction of sp³-hybridized carbons (Fsp3) is 0.312. The molecule has 0 spiro atoms. The third kappa shape index (κ3) is 4.51. The standard InChI is InChI=1S/C32H32N4O5/c1-18-15-33-31(41-4)19(2)29(18)20-6-12-25-27(13-20)35(17-21-5-11-24(40-3)14-28(21)38)32(39)26-16-34-36(30(25)26)22-7-9-23(37)10-8-22/h5-6,11-16,22,38H,7-10,17H2,1-4H3. The lowest BCUT2D eigenvalue weighted by atomic mass is 9.94. The Bertz CT molecular complexity index is 1880. The summed E-state index contributed by atoms with van der Waals surface area (Å²) in [6, 6.07) is 11.2. The number of ether oxygens (including phenoxy) is 2. The number of hydrogen-bond donors (Lipinski definition) is 1. The van der Waals surface area contributed by atoms with Crippen LogP contribution in [-0.4, -0.2) is 44.4 Å². The van der Waals surface area contributed by atoms with Crippen LogP contribution in [0, 0.1) is 13.8 Å². The molecule has 0 amide bonds. The molecule has 0 atom stereocenters. The van der Waals surface area contributed by atoms with Crippen molar-refractivity contribution < 1.29 is 19.4 Å². The number of aryl methyl sites for hydroxylation is 1. The highest BCUT2D eigenvalue weighted by atomic mass is 16.5. The highest BCUT2D eigenvalue weighted by Crippen LogP contribution is 2.37. The molecular formula is C32H32N4O5. The largest absolute Gasteiger partial charge is 0.507 e. The molecular weight excluding hydrogens is 520 g/mol. The molecule has 0 aliphatic heterocycles. The van der Waals surface area contributed by atoms with Crippen molar-refractivity contribution in [1.29, 1.82) is 0 Å². The second-order valence-electron chi connectivity index (χ2n) is 10.7. The molecule has 0 saturated heterocycles. The van der Waals surface area contributed by atoms with Gasteiger partial charge in [-0.3, -0.25) is 14.3 Å². The summed E-state index contributed by atoms with van der Waals surface area (Å²) in [5.74, 6) is 1.40. The van der Waals surface area contributed by atoms with Crippen LogP contribution in [0.4, 0.5) is 0 Å². The Morgan fingerprint density at radius 1 is 0.976 bits per heavy atom. The van der Waals surface area contributed by atoms with E-state index in [-0.39, 0.29) is 29.7 Å². The zero-order valence-electron chi connectivity index (χ0n) is 23.6. The zero-order valence-corrected chi connectivity index (χ0v) is 23.6. The van der Waals surface area contributed by atoms with Crippen molar-refractivity contribution in [2.24, 2.45) is 0 Å². The van der Waals surface area contributed by atoms with E-state index in [1.165, 1.54) is 0 Å². The van der Waals surface area contributed by atoms with Gasteiger partial charge in [0, 0.05) is 41.6 Å². The maximum absolute atomic E-state index is 14.1. The van der Waals surface area contributed by atoms with Crippen LogP contribution in [0.15, 0.2) is 53.6 Å². The molecule has 210 valence electrons. The summed E-state index contributed by atoms with van der Waals surface area (Å²) in [4.78, 5) is 30.5. The number of benzene rings is 2. The summed E-state index contributed by atoms with van der Waals surface area (Å²) in [7, 11) is 3.14. The van der Waals surface area contributed by atoms with Gasteiger partial charge in [0.1, 0.15) is 17.3 Å². The summed E-state index contributed by atoms with van der Waals surface area (Å²) in [5.41, 5.74) is 5.70. The van der Waals surface area contributed by atoms with Gasteiger partial charge in [-0.2, -0.15) is 5.10 Å². The Morgan fingerprint density at radius 3 is 2.46 bits per heavy atom. The SMILES string of the molecule is COc1ccc(Cn2c(=O)c3cnn(C4CCC(=O)CC4)c3c3ccc(-c4c(C)cnc(OC)c4C)cc32)c(O)c1. The first kappa shape index (κ1) is 26.6. The van der Waals surface area contributed by atoms with Crippen LogP contribution >= 0.6 is 0 Å². The van der Waals surface area contributed by atoms with Gasteiger partial charge in [-0.15, -0.1) is 0 Å². The summed E-state index contributed by atoms with van der Waals surface area (Å²) >= 11 is 0. The lowest BCUT2D eigenvalue weighted by Gasteiger charge is -2.23. The molecule has 9 nitrogen and oxygen atoms in total. The number of fused-ring (bicyclic) bond motifs is 3. The first-order chi connectivity index (χ1) is 19.8. The lowest BCUT2D eigenvalue weighted by molar-refractivity contribution is -0.120. The van der Waals surface area contributed by atoms with Crippen LogP contribution in [-0.2, 0) is 11.3 Å². The molecule has 3 aromatic heterocycles. The number of phenols is 1. The fourth-order valence-corrected chi connectivity index (χ4v) is 6.10. The quantitative estimate of drug-likeness (QED) is 0.297. The average Bonchev–Trinajstić information content (AvgIpc) is 3.42. The number of aromatic hydroxyl groups is 1. The number of carbonyl (C=O) groups is 1. The Hall–Kier alpha value is -4.66. The number of nitrogens with zero attached hydrogens (tertiary/aromatic N) is 4. The monoisotopic (exact) mass is 552 g/mol. The molecule has 6 rings (SSSR count). The first-order valence-corrected chi connectivity index (χ1v) is 13.7. The maximum atomic E-state index is 14.1. The predicted molar refractivity (Wildman–Crippen MR) is 157 cm³/mol. The van der Waals surface area contributed by atoms with Gasteiger partial charge >= 0.3 is 0 Å². The fourth-order valence-electron chi connectivity index (χ4n) is 6.10. The van der Waals surface area contributed by atoms with Crippen molar-refractivity contribution >= 4 is 27.6 Å². The van der Waals surface area contributed by atoms with Gasteiger partial charge in [-0.05, 0) is 61.6 Å². The minimum absolute atomic E-state index is 0.0444. The van der Waals surface area contributed by atoms with Crippen LogP contribution in [0.3, 0.4) is 0 Å². The van der Waals surface area contributed by atoms with E-state index in [0.717, 1.165) is 38.7 Å². The Balaban J connectivity index is 1.62. The summed E-state index contributed by atoms with van der Waals surface area (Å²) in [5, 5.41) is 16.8. The van der Waals surface area contributed by atoms with Gasteiger partial charge in [0.15, 0.2) is 0 Å². The molecule has 0 bridgehead atoms. The minimum Gasteiger partial charge on any atom is -0.507 e. The molecule has 5 aromatic rings. The van der Waals surface area contributed by atoms with Gasteiger partial charge in [-0.1, -0.05) is 12.1 Å². The number of aromatic nitrogens is 4. The van der Waals surface area contributed by atoms with Crippen molar-refractivity contribution in [3.63, 3.8) is 0 Å². The Labute approximate surface area is 237 Å². The zero-order chi connectivity index (χ0) is 28.8. The van der Waals surface area contributed by atoms with Gasteiger partial charge in [0.25, 0.3) is 5.56 Å². The Morgan fingerprint density at radius 2 is 1.76 bits per heavy atom. The highest BCUT2D eigenvalue weighted by Gasteiger charge is 2.25. The van der Waals surface area contributed by atoms with Crippen LogP contribution < -0.4 is 15.0 Å². The molecule has 2 aromatic carbocycles. The molecule has 0 unspecified atom stereocenters. The number of ketones is 1. The van der Waals surface area contributed by atoms with E-state index in [2.05, 4.69) is 16.1 Å². The normalized spacial score (nSPS) is 14.2. The van der Waals surface area contributed by atoms with Crippen LogP contribution in [0.25, 0.3) is 32.9 Å². The van der Waals surface area contributed by atoms with Crippen molar-refractivity contribution in [2.75, 3.05) is 14.2 Å². The van der Waals surface area contributed by atoms with Gasteiger partial charge in [-0.25, -0.2) is 4.98 Å². The van der Waals surface area contributed by atoms with Gasteiger partial charge in [0.05, 0.1) is 49.4 Å². The number of carbonyl (C=O) groups excluding carboxylic acids is 1. The molecule has 1 aliphatic rings. The predicted octanol–water partition coefficient (Wildman–Crippen LogP) is 5.49. The molecule has 1 aliphatic carbocycles. The molecule has 41 heavy (non-hydrogen) atoms. The summed E-state index contributed by atoms with van der Waals surface area (Å²) in [6.07, 6.45) is 5.86. The molecule has 1 N–H and O–H groups in total. The summed E-state index contributed by atoms with van der Waals surface area (Å²) in [6.45, 7) is 4.14. The molecule has 9 heteroatoms. The topological polar surface area (TPSA) is 108 Å². The number of rotatable bonds is 6. The van der Waals surface area contributed by atoms with E-state index in [9.17, 15) is 14.7 Å². The smallest absolute Gasteiger partial charge is 0.262 e. The van der Waals surface area contributed by atoms with Crippen LogP contribution in [0.2, 0.25) is 0 Å². The third-order valence-corrected chi connectivity index (χ3v) is 8.24. The minimum atomic E-state index is -0.196. The van der Waals surface area contributed by atoms with Crippen molar-refractivity contribution in [2.45, 2.75) is 52.1 Å². The molecule has 1 saturated carbocycles. The maximum Gasteiger partial charge on any atom is 0.262 e. The number of pyridine rings is 2. The first-order valence-electron chi connectivity index (χ1n) is 13.7. The van der Waals surface area contributed by atoms with Crippen molar-refractivity contribution in [3.8, 4) is 28.5 Å². The van der Waals surface area contributed by atoms with Crippen molar-refractivity contribution in [3.05, 3.63) is 75.8 Å². The van der Waals surface area contributed by atoms with Crippen molar-refractivity contribution in [1.82, 2.24) is 19.3 Å². The van der Waals surface area contributed by atoms with Gasteiger partial charge in [0.2, 0.25) is 5.88 Å². The van der Waals surface area contributed by atoms with Crippen LogP contribution in [0.1, 0.15) is 48.4 Å². The molecule has 1 fully saturated rings. The average molecular weight is 553 g/mol. The van der Waals surface area contributed by atoms with E-state index in [0.29, 0.717) is 48.3 Å². The second kappa shape index (κ2) is 10.4. The third-order valence-electron chi connectivity index (χ3n) is 8.24. The van der Waals surface area contributed by atoms with E-state index in [1.807, 2.05) is 30.7 Å². The highest BCUT2D eigenvalue weighted by molar-refractivity contribution is 6.05. The van der Waals surface area contributed by atoms with E-state index in [4.69, 9.17) is 9.47 Å². The number of hydrogen-bond acceptors (Lipinski definition) is 7. The second-order valence-corrected chi connectivity index (χ2v) is 10.7. The van der Waals surface area contributed by atoms with E-state index < -0.39 is 0 Å². The van der Waals surface area contributed by atoms with Gasteiger partial charge < -0.3 is 19.1 Å².